The van der Waals surface area contributed by atoms with E-state index in [4.69, 9.17) is 10.00 Å². The van der Waals surface area contributed by atoms with E-state index >= 15 is 0 Å². The third-order valence-corrected chi connectivity index (χ3v) is 4.40. The Labute approximate surface area is 143 Å². The second kappa shape index (κ2) is 12.3. The fourth-order valence-electron chi connectivity index (χ4n) is 2.75. The molecule has 0 radical (unpaired) electrons. The Morgan fingerprint density at radius 2 is 2.00 bits per heavy atom. The van der Waals surface area contributed by atoms with Gasteiger partial charge in [0, 0.05) is 30.7 Å². The Kier molecular flexibility index (Phi) is 10.7. The highest BCUT2D eigenvalue weighted by Crippen LogP contribution is 2.20. The standard InChI is InChI=1S/C15H27N2O6P/c18-11-4-3-9-16-15(20)13-7-6-10-17(13)14(19)8-2-1-5-12-23-24(21)22/h13,18H,1-12H2,(H-,16,20,21,22)/p+1/t13-/m0/s1. The van der Waals surface area contributed by atoms with E-state index in [-0.39, 0.29) is 31.1 Å². The number of amides is 2. The number of carbonyl (C=O) groups excluding carboxylic acids is 2. The molecule has 1 aliphatic rings. The van der Waals surface area contributed by atoms with Gasteiger partial charge in [-0.15, -0.1) is 9.42 Å². The zero-order valence-corrected chi connectivity index (χ0v) is 14.9. The zero-order chi connectivity index (χ0) is 17.8. The minimum absolute atomic E-state index is 0.0165. The van der Waals surface area contributed by atoms with Crippen LogP contribution in [0.4, 0.5) is 0 Å². The first-order valence-corrected chi connectivity index (χ1v) is 9.66. The molecule has 0 aromatic heterocycles. The summed E-state index contributed by atoms with van der Waals surface area (Å²) < 4.78 is 14.9. The van der Waals surface area contributed by atoms with Crippen LogP contribution in [0.1, 0.15) is 51.4 Å². The maximum Gasteiger partial charge on any atom is 0.694 e. The van der Waals surface area contributed by atoms with Gasteiger partial charge in [-0.1, -0.05) is 6.42 Å². The Hall–Kier alpha value is -1.08. The van der Waals surface area contributed by atoms with Crippen LogP contribution in [-0.2, 0) is 18.7 Å². The average Bonchev–Trinajstić information content (AvgIpc) is 3.04. The van der Waals surface area contributed by atoms with E-state index < -0.39 is 8.25 Å². The smallest absolute Gasteiger partial charge is 0.396 e. The van der Waals surface area contributed by atoms with Gasteiger partial charge in [-0.25, -0.2) is 0 Å². The van der Waals surface area contributed by atoms with Gasteiger partial charge in [-0.2, -0.15) is 0 Å². The molecule has 0 aromatic carbocycles. The van der Waals surface area contributed by atoms with Gasteiger partial charge in [-0.3, -0.25) is 9.59 Å². The first-order chi connectivity index (χ1) is 11.6. The van der Waals surface area contributed by atoms with Crippen molar-refractivity contribution in [1.29, 1.82) is 0 Å². The summed E-state index contributed by atoms with van der Waals surface area (Å²) in [7, 11) is -2.55. The molecule has 3 N–H and O–H groups in total. The highest BCUT2D eigenvalue weighted by molar-refractivity contribution is 7.32. The number of hydrogen-bond donors (Lipinski definition) is 3. The molecule has 0 spiro atoms. The van der Waals surface area contributed by atoms with Gasteiger partial charge >= 0.3 is 8.25 Å². The van der Waals surface area contributed by atoms with Crippen LogP contribution in [0.15, 0.2) is 0 Å². The van der Waals surface area contributed by atoms with Crippen molar-refractivity contribution in [1.82, 2.24) is 10.2 Å². The monoisotopic (exact) mass is 363 g/mol. The summed E-state index contributed by atoms with van der Waals surface area (Å²) in [5.41, 5.74) is 0. The molecular formula is C15H28N2O6P+. The van der Waals surface area contributed by atoms with Crippen LogP contribution >= 0.6 is 8.25 Å². The lowest BCUT2D eigenvalue weighted by atomic mass is 10.1. The van der Waals surface area contributed by atoms with E-state index in [9.17, 15) is 14.2 Å². The number of likely N-dealkylation sites (tertiary alicyclic amines) is 1. The van der Waals surface area contributed by atoms with Gasteiger partial charge in [0.15, 0.2) is 0 Å². The predicted molar refractivity (Wildman–Crippen MR) is 88.3 cm³/mol. The summed E-state index contributed by atoms with van der Waals surface area (Å²) in [6.45, 7) is 1.46. The molecule has 1 fully saturated rings. The highest BCUT2D eigenvalue weighted by atomic mass is 31.1. The molecule has 24 heavy (non-hydrogen) atoms. The lowest BCUT2D eigenvalue weighted by molar-refractivity contribution is -0.138. The van der Waals surface area contributed by atoms with Crippen LogP contribution in [0.5, 0.6) is 0 Å². The van der Waals surface area contributed by atoms with Gasteiger partial charge < -0.3 is 15.3 Å². The van der Waals surface area contributed by atoms with Crippen LogP contribution in [-0.4, -0.2) is 59.1 Å². The van der Waals surface area contributed by atoms with Crippen molar-refractivity contribution in [3.05, 3.63) is 0 Å². The highest BCUT2D eigenvalue weighted by Gasteiger charge is 2.33. The largest absolute Gasteiger partial charge is 0.694 e. The molecule has 0 bridgehead atoms. The Morgan fingerprint density at radius 1 is 1.21 bits per heavy atom. The minimum Gasteiger partial charge on any atom is -0.396 e. The minimum atomic E-state index is -2.55. The molecule has 1 rings (SSSR count). The maximum absolute atomic E-state index is 12.3. The predicted octanol–water partition coefficient (Wildman–Crippen LogP) is 1.09. The van der Waals surface area contributed by atoms with Crippen molar-refractivity contribution < 1.29 is 28.7 Å². The summed E-state index contributed by atoms with van der Waals surface area (Å²) >= 11 is 0. The fourth-order valence-corrected chi connectivity index (χ4v) is 3.03. The maximum atomic E-state index is 12.3. The molecular weight excluding hydrogens is 335 g/mol. The molecule has 2 amide bonds. The third kappa shape index (κ3) is 8.15. The molecule has 1 heterocycles. The number of nitrogens with one attached hydrogen (secondary N) is 1. The van der Waals surface area contributed by atoms with Crippen LogP contribution in [0.2, 0.25) is 0 Å². The van der Waals surface area contributed by atoms with Crippen LogP contribution in [0.25, 0.3) is 0 Å². The number of aliphatic hydroxyl groups is 1. The van der Waals surface area contributed by atoms with Crippen LogP contribution in [0.3, 0.4) is 0 Å². The summed E-state index contributed by atoms with van der Waals surface area (Å²) in [4.78, 5) is 34.6. The van der Waals surface area contributed by atoms with Crippen LogP contribution < -0.4 is 5.32 Å². The number of carbonyl (C=O) groups is 2. The Morgan fingerprint density at radius 3 is 2.71 bits per heavy atom. The molecule has 1 unspecified atom stereocenters. The molecule has 1 saturated heterocycles. The van der Waals surface area contributed by atoms with Crippen molar-refractivity contribution >= 4 is 20.1 Å². The molecule has 0 saturated carbocycles. The molecule has 2 atom stereocenters. The summed E-state index contributed by atoms with van der Waals surface area (Å²) in [5, 5.41) is 11.5. The number of hydrogen-bond acceptors (Lipinski definition) is 5. The van der Waals surface area contributed by atoms with Crippen molar-refractivity contribution in [3.63, 3.8) is 0 Å². The molecule has 1 aliphatic heterocycles. The normalized spacial score (nSPS) is 17.8. The van der Waals surface area contributed by atoms with Crippen molar-refractivity contribution in [2.24, 2.45) is 0 Å². The van der Waals surface area contributed by atoms with Gasteiger partial charge in [0.25, 0.3) is 0 Å². The van der Waals surface area contributed by atoms with E-state index in [1.165, 1.54) is 0 Å². The molecule has 9 heteroatoms. The van der Waals surface area contributed by atoms with Crippen LogP contribution in [0, 0.1) is 0 Å². The third-order valence-electron chi connectivity index (χ3n) is 4.00. The van der Waals surface area contributed by atoms with E-state index in [2.05, 4.69) is 9.84 Å². The quantitative estimate of drug-likeness (QED) is 0.353. The molecule has 138 valence electrons. The molecule has 0 aliphatic carbocycles. The number of nitrogens with zero attached hydrogens (tertiary/aromatic N) is 1. The van der Waals surface area contributed by atoms with Crippen molar-refractivity contribution in [3.8, 4) is 0 Å². The van der Waals surface area contributed by atoms with Crippen molar-refractivity contribution in [2.75, 3.05) is 26.3 Å². The van der Waals surface area contributed by atoms with Gasteiger partial charge in [0.2, 0.25) is 11.8 Å². The zero-order valence-electron chi connectivity index (χ0n) is 14.0. The van der Waals surface area contributed by atoms with E-state index in [1.807, 2.05) is 0 Å². The lowest BCUT2D eigenvalue weighted by Crippen LogP contribution is -2.46. The van der Waals surface area contributed by atoms with E-state index in [0.29, 0.717) is 45.2 Å². The van der Waals surface area contributed by atoms with Gasteiger partial charge in [0.05, 0.1) is 0 Å². The first-order valence-electron chi connectivity index (χ1n) is 8.53. The molecule has 8 nitrogen and oxygen atoms in total. The summed E-state index contributed by atoms with van der Waals surface area (Å²) in [6, 6.07) is -0.381. The topological polar surface area (TPSA) is 116 Å². The molecule has 0 aromatic rings. The Balaban J connectivity index is 2.24. The number of rotatable bonds is 12. The number of unbranched alkanes of at least 4 members (excludes halogenated alkanes) is 3. The first kappa shape index (κ1) is 21.0. The fraction of sp³-hybridized carbons (Fsp3) is 0.867. The second-order valence-electron chi connectivity index (χ2n) is 5.85. The van der Waals surface area contributed by atoms with E-state index in [1.54, 1.807) is 4.90 Å². The van der Waals surface area contributed by atoms with Gasteiger partial charge in [-0.05, 0) is 38.5 Å². The van der Waals surface area contributed by atoms with Gasteiger partial charge in [0.1, 0.15) is 12.6 Å². The average molecular weight is 363 g/mol. The van der Waals surface area contributed by atoms with E-state index in [0.717, 1.165) is 19.3 Å². The lowest BCUT2D eigenvalue weighted by Gasteiger charge is -2.24. The second-order valence-corrected chi connectivity index (χ2v) is 6.58. The van der Waals surface area contributed by atoms with Crippen molar-refractivity contribution in [2.45, 2.75) is 57.4 Å². The SMILES string of the molecule is O=C(NCCCCO)[C@@H]1CCCN1C(=O)CCCCCO[P+](=O)O. The summed E-state index contributed by atoms with van der Waals surface area (Å²) in [6.07, 6.45) is 5.31. The Bertz CT molecular complexity index is 421. The number of aliphatic hydroxyl groups excluding tert-OH is 1. The summed E-state index contributed by atoms with van der Waals surface area (Å²) in [5.74, 6) is -0.129.